The Morgan fingerprint density at radius 3 is 2.30 bits per heavy atom. The van der Waals surface area contributed by atoms with E-state index in [4.69, 9.17) is 14.5 Å². The lowest BCUT2D eigenvalue weighted by molar-refractivity contribution is -0.153. The maximum absolute atomic E-state index is 15.4. The van der Waals surface area contributed by atoms with Crippen LogP contribution in [0.15, 0.2) is 24.3 Å². The lowest BCUT2D eigenvalue weighted by Crippen LogP contribution is -2.45. The number of benzene rings is 1. The number of ether oxygens (including phenoxy) is 2. The van der Waals surface area contributed by atoms with Gasteiger partial charge in [-0.1, -0.05) is 53.2 Å². The van der Waals surface area contributed by atoms with Crippen molar-refractivity contribution >= 4 is 5.57 Å². The van der Waals surface area contributed by atoms with Crippen LogP contribution in [0.1, 0.15) is 138 Å². The summed E-state index contributed by atoms with van der Waals surface area (Å²) >= 11 is 0. The largest absolute Gasteiger partial charge is 0.416 e. The summed E-state index contributed by atoms with van der Waals surface area (Å²) < 4.78 is 68.3. The molecule has 2 atom stereocenters. The van der Waals surface area contributed by atoms with Crippen LogP contribution in [0, 0.1) is 16.6 Å². The van der Waals surface area contributed by atoms with Crippen molar-refractivity contribution in [3.05, 3.63) is 69.3 Å². The Bertz CT molecular complexity index is 1400. The number of alkyl halides is 3. The number of hydrogen-bond donors (Lipinski definition) is 1. The molecule has 1 aromatic heterocycles. The molecule has 1 N–H and O–H groups in total. The number of hydrogen-bond acceptors (Lipinski definition) is 4. The summed E-state index contributed by atoms with van der Waals surface area (Å²) in [6, 6.07) is 2.34. The van der Waals surface area contributed by atoms with E-state index in [1.165, 1.54) is 6.42 Å². The van der Waals surface area contributed by atoms with Gasteiger partial charge in [-0.3, -0.25) is 4.98 Å². The summed E-state index contributed by atoms with van der Waals surface area (Å²) in [4.78, 5) is 5.22. The molecule has 1 fully saturated rings. The second-order valence-corrected chi connectivity index (χ2v) is 14.6. The van der Waals surface area contributed by atoms with Gasteiger partial charge in [-0.15, -0.1) is 0 Å². The fourth-order valence-electron chi connectivity index (χ4n) is 6.68. The molecule has 1 aliphatic heterocycles. The van der Waals surface area contributed by atoms with Gasteiger partial charge in [-0.2, -0.15) is 13.2 Å². The van der Waals surface area contributed by atoms with Crippen LogP contribution in [-0.4, -0.2) is 28.9 Å². The van der Waals surface area contributed by atoms with Gasteiger partial charge in [0.05, 0.1) is 30.5 Å². The highest BCUT2D eigenvalue weighted by molar-refractivity contribution is 5.75. The van der Waals surface area contributed by atoms with Crippen LogP contribution >= 0.6 is 0 Å². The van der Waals surface area contributed by atoms with Crippen molar-refractivity contribution in [1.29, 1.82) is 0 Å². The molecular weight excluding hydrogens is 558 g/mol. The number of fused-ring (bicyclic) bond motifs is 1. The average molecular weight is 604 g/mol. The summed E-state index contributed by atoms with van der Waals surface area (Å²) in [6.45, 7) is 15.5. The van der Waals surface area contributed by atoms with Gasteiger partial charge < -0.3 is 14.6 Å². The van der Waals surface area contributed by atoms with E-state index in [0.29, 0.717) is 37.0 Å². The van der Waals surface area contributed by atoms with Gasteiger partial charge >= 0.3 is 6.18 Å². The molecule has 5 rings (SSSR count). The molecule has 0 radical (unpaired) electrons. The standard InChI is InChI=1S/C35H45F4NO3/c1-20(2)30-29(31(41)23-10-9-22(17-24(23)36)35(37,38)39)27(21-11-15-42-16-12-21)28-25(40-30)18-34(13-8-14-34)19-26(28)43-33(6,7)32(3,4)5/h9-11,17,20,26,31,41H,8,12-16,18-19H2,1-7H3. The SMILES string of the molecule is CC(C)c1nc2c(c(C3=CCOCC3)c1C(O)c1ccc(C(F)(F)F)cc1F)C(OC(C)(C)C(C)(C)C)CC1(CCC1)C2. The Hall–Kier alpha value is -2.29. The second-order valence-electron chi connectivity index (χ2n) is 14.6. The molecule has 0 amide bonds. The number of rotatable bonds is 6. The van der Waals surface area contributed by atoms with Gasteiger partial charge in [0.25, 0.3) is 0 Å². The Balaban J connectivity index is 1.78. The number of aromatic nitrogens is 1. The first kappa shape index (κ1) is 32.1. The Morgan fingerprint density at radius 2 is 1.79 bits per heavy atom. The van der Waals surface area contributed by atoms with Crippen molar-refractivity contribution in [2.24, 2.45) is 10.8 Å². The van der Waals surface area contributed by atoms with Crippen molar-refractivity contribution < 1.29 is 32.1 Å². The summed E-state index contributed by atoms with van der Waals surface area (Å²) in [6.07, 6.45) is 1.07. The molecule has 1 spiro atoms. The fraction of sp³-hybridized carbons (Fsp3) is 0.629. The molecule has 1 aromatic carbocycles. The molecule has 2 heterocycles. The first-order valence-corrected chi connectivity index (χ1v) is 15.5. The van der Waals surface area contributed by atoms with Crippen LogP contribution in [0.25, 0.3) is 5.57 Å². The maximum Gasteiger partial charge on any atom is 0.416 e. The molecule has 1 saturated carbocycles. The molecule has 0 saturated heterocycles. The number of aliphatic hydroxyl groups is 1. The smallest absolute Gasteiger partial charge is 0.383 e. The van der Waals surface area contributed by atoms with Gasteiger partial charge in [-0.25, -0.2) is 4.39 Å². The molecule has 236 valence electrons. The number of pyridine rings is 1. The van der Waals surface area contributed by atoms with E-state index in [2.05, 4.69) is 34.6 Å². The van der Waals surface area contributed by atoms with E-state index in [-0.39, 0.29) is 28.4 Å². The Labute approximate surface area is 252 Å². The van der Waals surface area contributed by atoms with E-state index in [1.807, 2.05) is 19.9 Å². The summed E-state index contributed by atoms with van der Waals surface area (Å²) in [5.41, 5.74) is 2.87. The van der Waals surface area contributed by atoms with Gasteiger partial charge in [0.1, 0.15) is 11.9 Å². The zero-order valence-corrected chi connectivity index (χ0v) is 26.4. The third-order valence-corrected chi connectivity index (χ3v) is 10.2. The highest BCUT2D eigenvalue weighted by Crippen LogP contribution is 2.57. The minimum Gasteiger partial charge on any atom is -0.383 e. The third kappa shape index (κ3) is 6.04. The van der Waals surface area contributed by atoms with E-state index >= 15 is 4.39 Å². The number of nitrogens with zero attached hydrogens (tertiary/aromatic N) is 1. The van der Waals surface area contributed by atoms with Crippen LogP contribution in [0.4, 0.5) is 17.6 Å². The number of halogens is 4. The van der Waals surface area contributed by atoms with Crippen molar-refractivity contribution in [2.45, 2.75) is 117 Å². The monoisotopic (exact) mass is 603 g/mol. The van der Waals surface area contributed by atoms with E-state index in [9.17, 15) is 18.3 Å². The summed E-state index contributed by atoms with van der Waals surface area (Å²) in [5.74, 6) is -1.23. The predicted molar refractivity (Wildman–Crippen MR) is 159 cm³/mol. The van der Waals surface area contributed by atoms with Crippen molar-refractivity contribution in [2.75, 3.05) is 13.2 Å². The molecule has 8 heteroatoms. The molecule has 2 unspecified atom stereocenters. The molecule has 0 bridgehead atoms. The molecule has 4 nitrogen and oxygen atoms in total. The van der Waals surface area contributed by atoms with Crippen molar-refractivity contribution in [3.8, 4) is 0 Å². The molecular formula is C35H45F4NO3. The zero-order valence-electron chi connectivity index (χ0n) is 26.4. The van der Waals surface area contributed by atoms with Gasteiger partial charge in [0, 0.05) is 28.1 Å². The van der Waals surface area contributed by atoms with Crippen LogP contribution in [-0.2, 0) is 22.1 Å². The van der Waals surface area contributed by atoms with Crippen LogP contribution in [0.5, 0.6) is 0 Å². The Morgan fingerprint density at radius 1 is 1.09 bits per heavy atom. The highest BCUT2D eigenvalue weighted by Gasteiger charge is 2.49. The first-order chi connectivity index (χ1) is 19.9. The van der Waals surface area contributed by atoms with Crippen molar-refractivity contribution in [1.82, 2.24) is 4.98 Å². The van der Waals surface area contributed by atoms with Crippen LogP contribution < -0.4 is 0 Å². The first-order valence-electron chi connectivity index (χ1n) is 15.5. The van der Waals surface area contributed by atoms with E-state index in [0.717, 1.165) is 60.2 Å². The maximum atomic E-state index is 15.4. The van der Waals surface area contributed by atoms with Gasteiger partial charge in [-0.05, 0) is 86.0 Å². The topological polar surface area (TPSA) is 51.6 Å². The minimum absolute atomic E-state index is 0.105. The lowest BCUT2D eigenvalue weighted by atomic mass is 9.59. The normalized spacial score (nSPS) is 21.4. The van der Waals surface area contributed by atoms with E-state index in [1.54, 1.807) is 0 Å². The molecule has 43 heavy (non-hydrogen) atoms. The molecule has 3 aliphatic rings. The van der Waals surface area contributed by atoms with E-state index < -0.39 is 29.3 Å². The predicted octanol–water partition coefficient (Wildman–Crippen LogP) is 9.25. The third-order valence-electron chi connectivity index (χ3n) is 10.2. The second kappa shape index (κ2) is 11.3. The fourth-order valence-corrected chi connectivity index (χ4v) is 6.68. The lowest BCUT2D eigenvalue weighted by Gasteiger charge is -2.51. The average Bonchev–Trinajstić information content (AvgIpc) is 2.89. The number of aliphatic hydroxyl groups excluding tert-OH is 1. The summed E-state index contributed by atoms with van der Waals surface area (Å²) in [7, 11) is 0. The highest BCUT2D eigenvalue weighted by atomic mass is 19.4. The molecule has 2 aromatic rings. The van der Waals surface area contributed by atoms with Gasteiger partial charge in [0.15, 0.2) is 0 Å². The molecule has 2 aliphatic carbocycles. The quantitative estimate of drug-likeness (QED) is 0.335. The van der Waals surface area contributed by atoms with Crippen molar-refractivity contribution in [3.63, 3.8) is 0 Å². The zero-order chi connectivity index (χ0) is 31.5. The van der Waals surface area contributed by atoms with Gasteiger partial charge in [0.2, 0.25) is 0 Å². The minimum atomic E-state index is -4.69. The van der Waals surface area contributed by atoms with Crippen LogP contribution in [0.2, 0.25) is 0 Å². The Kier molecular flexibility index (Phi) is 8.41. The van der Waals surface area contributed by atoms with Crippen LogP contribution in [0.3, 0.4) is 0 Å². The summed E-state index contributed by atoms with van der Waals surface area (Å²) in [5, 5.41) is 12.0.